The molecule has 1 aliphatic heterocycles. The highest BCUT2D eigenvalue weighted by molar-refractivity contribution is 7.80. The fourth-order valence-electron chi connectivity index (χ4n) is 2.38. The Kier molecular flexibility index (Phi) is 4.00. The van der Waals surface area contributed by atoms with Crippen molar-refractivity contribution in [2.45, 2.75) is 0 Å². The number of halogens is 1. The SMILES string of the molecule is COc1cc2c(cc1N)C(c1ccccc1Cl)=NCC(=S)N2. The number of anilines is 2. The van der Waals surface area contributed by atoms with Crippen molar-refractivity contribution < 1.29 is 4.74 Å². The van der Waals surface area contributed by atoms with Crippen molar-refractivity contribution in [3.63, 3.8) is 0 Å². The molecule has 0 aliphatic carbocycles. The number of methoxy groups -OCH3 is 1. The van der Waals surface area contributed by atoms with E-state index in [1.54, 1.807) is 7.11 Å². The highest BCUT2D eigenvalue weighted by Gasteiger charge is 2.20. The third kappa shape index (κ3) is 2.65. The molecule has 1 aliphatic rings. The molecule has 0 aromatic heterocycles. The Morgan fingerprint density at radius 1 is 1.27 bits per heavy atom. The van der Waals surface area contributed by atoms with Crippen molar-refractivity contribution in [2.24, 2.45) is 4.99 Å². The van der Waals surface area contributed by atoms with Gasteiger partial charge < -0.3 is 15.8 Å². The summed E-state index contributed by atoms with van der Waals surface area (Å²) in [7, 11) is 1.58. The summed E-state index contributed by atoms with van der Waals surface area (Å²) in [6, 6.07) is 11.2. The number of nitrogens with two attached hydrogens (primary N) is 1. The van der Waals surface area contributed by atoms with Crippen LogP contribution in [0.5, 0.6) is 5.75 Å². The number of aliphatic imine (C=N–C) groups is 1. The van der Waals surface area contributed by atoms with E-state index in [1.807, 2.05) is 36.4 Å². The molecule has 0 amide bonds. The average molecular weight is 332 g/mol. The predicted molar refractivity (Wildman–Crippen MR) is 95.6 cm³/mol. The predicted octanol–water partition coefficient (Wildman–Crippen LogP) is 3.52. The molecule has 0 fully saturated rings. The van der Waals surface area contributed by atoms with Gasteiger partial charge >= 0.3 is 0 Å². The van der Waals surface area contributed by atoms with Gasteiger partial charge in [0.25, 0.3) is 0 Å². The van der Waals surface area contributed by atoms with Crippen LogP contribution >= 0.6 is 23.8 Å². The number of rotatable bonds is 2. The number of nitrogens with zero attached hydrogens (tertiary/aromatic N) is 1. The number of fused-ring (bicyclic) bond motifs is 1. The number of hydrogen-bond acceptors (Lipinski definition) is 4. The normalized spacial score (nSPS) is 13.7. The Hall–Kier alpha value is -2.11. The van der Waals surface area contributed by atoms with Gasteiger partial charge in [-0.05, 0) is 12.1 Å². The fraction of sp³-hybridized carbons (Fsp3) is 0.125. The Morgan fingerprint density at radius 2 is 2.05 bits per heavy atom. The first-order valence-corrected chi connectivity index (χ1v) is 7.46. The second-order valence-electron chi connectivity index (χ2n) is 4.83. The number of benzodiazepines with no additional fused rings is 1. The summed E-state index contributed by atoms with van der Waals surface area (Å²) in [6.07, 6.45) is 0. The molecule has 6 heteroatoms. The molecule has 3 rings (SSSR count). The second kappa shape index (κ2) is 5.94. The molecule has 2 aromatic carbocycles. The minimum Gasteiger partial charge on any atom is -0.495 e. The van der Waals surface area contributed by atoms with Crippen LogP contribution in [0.4, 0.5) is 11.4 Å². The molecule has 0 atom stereocenters. The third-order valence-electron chi connectivity index (χ3n) is 3.41. The van der Waals surface area contributed by atoms with Crippen LogP contribution in [-0.2, 0) is 0 Å². The first-order chi connectivity index (χ1) is 10.6. The maximum absolute atomic E-state index is 6.32. The van der Waals surface area contributed by atoms with Crippen LogP contribution in [0.1, 0.15) is 11.1 Å². The molecular weight excluding hydrogens is 318 g/mol. The minimum absolute atomic E-state index is 0.396. The number of nitrogens with one attached hydrogen (secondary N) is 1. The van der Waals surface area contributed by atoms with Gasteiger partial charge in [0.2, 0.25) is 0 Å². The van der Waals surface area contributed by atoms with Crippen LogP contribution in [0, 0.1) is 0 Å². The van der Waals surface area contributed by atoms with Crippen molar-refractivity contribution in [3.8, 4) is 5.75 Å². The molecule has 0 bridgehead atoms. The standard InChI is InChI=1S/C16H14ClN3OS/c1-21-14-7-13-10(6-12(14)18)16(19-8-15(22)20-13)9-4-2-3-5-11(9)17/h2-7H,8,18H2,1H3,(H,20,22). The van der Waals surface area contributed by atoms with Gasteiger partial charge in [0.15, 0.2) is 0 Å². The maximum Gasteiger partial charge on any atom is 0.143 e. The molecule has 0 saturated heterocycles. The number of nitrogen functional groups attached to an aromatic ring is 1. The van der Waals surface area contributed by atoms with E-state index in [1.165, 1.54) is 0 Å². The lowest BCUT2D eigenvalue weighted by Gasteiger charge is -2.14. The summed E-state index contributed by atoms with van der Waals surface area (Å²) in [4.78, 5) is 5.24. The summed E-state index contributed by atoms with van der Waals surface area (Å²) in [5.74, 6) is 0.592. The topological polar surface area (TPSA) is 59.6 Å². The molecule has 4 nitrogen and oxygen atoms in total. The van der Waals surface area contributed by atoms with Gasteiger partial charge in [0, 0.05) is 22.2 Å². The minimum atomic E-state index is 0.396. The summed E-state index contributed by atoms with van der Waals surface area (Å²) in [5, 5.41) is 3.82. The lowest BCUT2D eigenvalue weighted by atomic mass is 9.99. The van der Waals surface area contributed by atoms with Crippen LogP contribution in [0.2, 0.25) is 5.02 Å². The number of ether oxygens (including phenoxy) is 1. The van der Waals surface area contributed by atoms with Crippen molar-refractivity contribution in [1.29, 1.82) is 0 Å². The molecule has 1 heterocycles. The lowest BCUT2D eigenvalue weighted by molar-refractivity contribution is 0.417. The second-order valence-corrected chi connectivity index (χ2v) is 5.73. The fourth-order valence-corrected chi connectivity index (χ4v) is 2.78. The van der Waals surface area contributed by atoms with Gasteiger partial charge in [-0.2, -0.15) is 0 Å². The van der Waals surface area contributed by atoms with Crippen molar-refractivity contribution in [2.75, 3.05) is 24.7 Å². The van der Waals surface area contributed by atoms with E-state index in [9.17, 15) is 0 Å². The molecule has 0 saturated carbocycles. The Morgan fingerprint density at radius 3 is 2.77 bits per heavy atom. The van der Waals surface area contributed by atoms with Crippen molar-refractivity contribution >= 4 is 45.9 Å². The lowest BCUT2D eigenvalue weighted by Crippen LogP contribution is -2.11. The zero-order chi connectivity index (χ0) is 15.7. The van der Waals surface area contributed by atoms with Crippen molar-refractivity contribution in [1.82, 2.24) is 0 Å². The number of hydrogen-bond donors (Lipinski definition) is 2. The van der Waals surface area contributed by atoms with Crippen LogP contribution in [0.15, 0.2) is 41.4 Å². The number of thiocarbonyl (C=S) groups is 1. The maximum atomic E-state index is 6.32. The monoisotopic (exact) mass is 331 g/mol. The first-order valence-electron chi connectivity index (χ1n) is 6.67. The van der Waals surface area contributed by atoms with Gasteiger partial charge in [0.05, 0.1) is 30.7 Å². The zero-order valence-electron chi connectivity index (χ0n) is 11.9. The van der Waals surface area contributed by atoms with Crippen molar-refractivity contribution in [3.05, 3.63) is 52.5 Å². The molecule has 3 N–H and O–H groups in total. The molecular formula is C16H14ClN3OS. The summed E-state index contributed by atoms with van der Waals surface area (Å²) in [6.45, 7) is 0.396. The van der Waals surface area contributed by atoms with E-state index in [2.05, 4.69) is 10.3 Å². The molecule has 0 spiro atoms. The summed E-state index contributed by atoms with van der Waals surface area (Å²) >= 11 is 11.6. The van der Waals surface area contributed by atoms with Crippen LogP contribution in [0.3, 0.4) is 0 Å². The Bertz CT molecular complexity index is 789. The van der Waals surface area contributed by atoms with Gasteiger partial charge in [-0.1, -0.05) is 42.0 Å². The van der Waals surface area contributed by atoms with E-state index in [0.29, 0.717) is 28.0 Å². The van der Waals surface area contributed by atoms with E-state index in [0.717, 1.165) is 22.5 Å². The van der Waals surface area contributed by atoms with Gasteiger partial charge in [-0.15, -0.1) is 0 Å². The van der Waals surface area contributed by atoms with Gasteiger partial charge in [-0.3, -0.25) is 4.99 Å². The van der Waals surface area contributed by atoms with Crippen LogP contribution < -0.4 is 15.8 Å². The van der Waals surface area contributed by atoms with E-state index in [-0.39, 0.29) is 0 Å². The average Bonchev–Trinajstić information content (AvgIpc) is 2.65. The molecule has 0 radical (unpaired) electrons. The van der Waals surface area contributed by atoms with Crippen LogP contribution in [-0.4, -0.2) is 24.4 Å². The Balaban J connectivity index is 2.23. The molecule has 22 heavy (non-hydrogen) atoms. The summed E-state index contributed by atoms with van der Waals surface area (Å²) < 4.78 is 5.28. The largest absolute Gasteiger partial charge is 0.495 e. The third-order valence-corrected chi connectivity index (χ3v) is 3.97. The molecule has 2 aromatic rings. The molecule has 112 valence electrons. The highest BCUT2D eigenvalue weighted by atomic mass is 35.5. The van der Waals surface area contributed by atoms with E-state index >= 15 is 0 Å². The Labute approximate surface area is 139 Å². The van der Waals surface area contributed by atoms with Gasteiger partial charge in [0.1, 0.15) is 10.7 Å². The van der Waals surface area contributed by atoms with Crippen LogP contribution in [0.25, 0.3) is 0 Å². The van der Waals surface area contributed by atoms with E-state index < -0.39 is 0 Å². The summed E-state index contributed by atoms with van der Waals surface area (Å²) in [5.41, 5.74) is 9.86. The first kappa shape index (κ1) is 14.8. The molecule has 0 unspecified atom stereocenters. The van der Waals surface area contributed by atoms with Gasteiger partial charge in [-0.25, -0.2) is 0 Å². The number of benzene rings is 2. The quantitative estimate of drug-likeness (QED) is 0.653. The van der Waals surface area contributed by atoms with E-state index in [4.69, 9.17) is 34.3 Å². The zero-order valence-corrected chi connectivity index (χ0v) is 13.5. The smallest absolute Gasteiger partial charge is 0.143 e. The highest BCUT2D eigenvalue weighted by Crippen LogP contribution is 2.33.